The fourth-order valence-electron chi connectivity index (χ4n) is 5.61. The molecule has 4 heteroatoms. The molecule has 0 saturated heterocycles. The Morgan fingerprint density at radius 2 is 1.18 bits per heavy atom. The molecule has 0 radical (unpaired) electrons. The van der Waals surface area contributed by atoms with E-state index in [1.807, 2.05) is 0 Å². The molecule has 0 fully saturated rings. The van der Waals surface area contributed by atoms with E-state index in [4.69, 9.17) is 0 Å². The van der Waals surface area contributed by atoms with Crippen LogP contribution in [-0.4, -0.2) is 8.07 Å². The zero-order chi connectivity index (χ0) is 24.9. The van der Waals surface area contributed by atoms with Crippen molar-refractivity contribution in [3.8, 4) is 0 Å². The van der Waals surface area contributed by atoms with Gasteiger partial charge in [-0.05, 0) is 0 Å². The van der Waals surface area contributed by atoms with Crippen LogP contribution in [0.2, 0.25) is 19.6 Å². The first-order valence-electron chi connectivity index (χ1n) is 12.7. The van der Waals surface area contributed by atoms with Crippen LogP contribution < -0.4 is 35.3 Å². The van der Waals surface area contributed by atoms with E-state index < -0.39 is 8.07 Å². The molecule has 187 valence electrons. The maximum absolute atomic E-state index is 2.53. The summed E-state index contributed by atoms with van der Waals surface area (Å²) in [6, 6.07) is 35.6. The van der Waals surface area contributed by atoms with Gasteiger partial charge in [0.25, 0.3) is 0 Å². The summed E-state index contributed by atoms with van der Waals surface area (Å²) < 4.78 is 1.48. The van der Waals surface area contributed by atoms with Crippen LogP contribution in [0.15, 0.2) is 114 Å². The van der Waals surface area contributed by atoms with Crippen LogP contribution in [0.5, 0.6) is 0 Å². The van der Waals surface area contributed by atoms with Crippen LogP contribution in [0, 0.1) is 10.4 Å². The molecule has 2 aliphatic rings. The van der Waals surface area contributed by atoms with Crippen molar-refractivity contribution in [2.45, 2.75) is 26.1 Å². The Morgan fingerprint density at radius 3 is 1.74 bits per heavy atom. The van der Waals surface area contributed by atoms with Gasteiger partial charge in [-0.2, -0.15) is 0 Å². The Bertz CT molecular complexity index is 1740. The second kappa shape index (κ2) is 11.5. The van der Waals surface area contributed by atoms with E-state index in [-0.39, 0.29) is 24.8 Å². The Labute approximate surface area is 253 Å². The SMILES string of the molecule is C[Si](C)(C)C1=CCC(c2c3c(ccc2=C(c2ccccc2)c2ccccc2)=c2ccccc2=[C]3[Zr+2])=C1.[Cl-].[Cl-]. The first kappa shape index (κ1) is 28.8. The van der Waals surface area contributed by atoms with Gasteiger partial charge in [0.2, 0.25) is 0 Å². The quantitative estimate of drug-likeness (QED) is 0.295. The molecular formula is C34H29Cl2SiZr. The third-order valence-corrected chi connectivity index (χ3v) is 10.8. The molecule has 0 aromatic heterocycles. The van der Waals surface area contributed by atoms with Crippen LogP contribution in [0.1, 0.15) is 28.7 Å². The second-order valence-electron chi connectivity index (χ2n) is 10.7. The smallest absolute Gasteiger partial charge is 1.00 e. The van der Waals surface area contributed by atoms with E-state index in [0.29, 0.717) is 0 Å². The van der Waals surface area contributed by atoms with Gasteiger partial charge in [-0.3, -0.25) is 0 Å². The molecule has 0 N–H and O–H groups in total. The maximum atomic E-state index is 2.53. The summed E-state index contributed by atoms with van der Waals surface area (Å²) >= 11 is 1.47. The van der Waals surface area contributed by atoms with Crippen molar-refractivity contribution in [1.82, 2.24) is 0 Å². The van der Waals surface area contributed by atoms with Gasteiger partial charge in [0.15, 0.2) is 0 Å². The van der Waals surface area contributed by atoms with Crippen LogP contribution >= 0.6 is 0 Å². The number of benzene rings is 4. The average molecular weight is 628 g/mol. The predicted octanol–water partition coefficient (Wildman–Crippen LogP) is 0.836. The molecule has 2 aliphatic carbocycles. The normalized spacial score (nSPS) is 13.6. The van der Waals surface area contributed by atoms with Crippen molar-refractivity contribution in [2.75, 3.05) is 0 Å². The number of rotatable bonds is 4. The first-order valence-corrected chi connectivity index (χ1v) is 17.4. The summed E-state index contributed by atoms with van der Waals surface area (Å²) in [5.74, 6) is 0. The molecule has 4 aromatic rings. The minimum atomic E-state index is -1.40. The van der Waals surface area contributed by atoms with Gasteiger partial charge >= 0.3 is 231 Å². The molecule has 0 amide bonds. The first-order chi connectivity index (χ1) is 17.4. The summed E-state index contributed by atoms with van der Waals surface area (Å²) in [6.07, 6.45) is 6.05. The van der Waals surface area contributed by atoms with E-state index in [9.17, 15) is 0 Å². The fourth-order valence-corrected chi connectivity index (χ4v) is 8.10. The van der Waals surface area contributed by atoms with E-state index in [1.54, 1.807) is 5.20 Å². The Hall–Kier alpha value is -2.22. The molecule has 0 heterocycles. The van der Waals surface area contributed by atoms with Gasteiger partial charge < -0.3 is 24.8 Å². The van der Waals surface area contributed by atoms with Crippen molar-refractivity contribution in [2.24, 2.45) is 0 Å². The standard InChI is InChI=1S/C34H29Si.2ClH.Zr/c1-35(2,3)28-19-18-27(22-28)34-31(21-20-30-29-17-11-10-16-26(29)23-32(30)34)33(24-12-6-4-7-13-24)25-14-8-5-9-15-25;;;/h4-17,19-22H,18H2,1-3H3;2*1H;/q;;;+2/p-2. The summed E-state index contributed by atoms with van der Waals surface area (Å²) in [7, 11) is -1.40. The van der Waals surface area contributed by atoms with Crippen LogP contribution in [0.3, 0.4) is 0 Å². The summed E-state index contributed by atoms with van der Waals surface area (Å²) in [6.45, 7) is 7.37. The maximum Gasteiger partial charge on any atom is -1.00 e. The molecule has 0 spiro atoms. The van der Waals surface area contributed by atoms with Gasteiger partial charge in [0, 0.05) is 0 Å². The van der Waals surface area contributed by atoms with Gasteiger partial charge in [0.1, 0.15) is 0 Å². The molecular weight excluding hydrogens is 599 g/mol. The molecule has 0 aliphatic heterocycles. The molecule has 6 rings (SSSR count). The van der Waals surface area contributed by atoms with Gasteiger partial charge in [-0.1, -0.05) is 0 Å². The number of allylic oxidation sites excluding steroid dienone is 4. The van der Waals surface area contributed by atoms with Crippen molar-refractivity contribution in [3.63, 3.8) is 0 Å². The largest absolute Gasteiger partial charge is 1.00 e. The summed E-state index contributed by atoms with van der Waals surface area (Å²) in [5.41, 5.74) is 8.20. The zero-order valence-electron chi connectivity index (χ0n) is 21.9. The Kier molecular flexibility index (Phi) is 8.70. The van der Waals surface area contributed by atoms with Crippen molar-refractivity contribution in [3.05, 3.63) is 158 Å². The van der Waals surface area contributed by atoms with Crippen molar-refractivity contribution < 1.29 is 49.5 Å². The van der Waals surface area contributed by atoms with Gasteiger partial charge in [-0.25, -0.2) is 0 Å². The van der Waals surface area contributed by atoms with E-state index >= 15 is 0 Å². The topological polar surface area (TPSA) is 0 Å². The number of halogens is 2. The fraction of sp³-hybridized carbons (Fsp3) is 0.118. The zero-order valence-corrected chi connectivity index (χ0v) is 26.8. The molecule has 4 aromatic carbocycles. The van der Waals surface area contributed by atoms with Crippen molar-refractivity contribution >= 4 is 22.5 Å². The molecule has 0 nitrogen and oxygen atoms in total. The molecule has 38 heavy (non-hydrogen) atoms. The third-order valence-electron chi connectivity index (χ3n) is 7.39. The summed E-state index contributed by atoms with van der Waals surface area (Å²) in [4.78, 5) is 0. The van der Waals surface area contributed by atoms with Gasteiger partial charge in [-0.15, -0.1) is 0 Å². The number of hydrogen-bond acceptors (Lipinski definition) is 0. The molecule has 0 atom stereocenters. The number of hydrogen-bond donors (Lipinski definition) is 0. The second-order valence-corrected chi connectivity index (χ2v) is 17.0. The van der Waals surface area contributed by atoms with Gasteiger partial charge in [0.05, 0.1) is 0 Å². The Morgan fingerprint density at radius 1 is 0.632 bits per heavy atom. The monoisotopic (exact) mass is 625 g/mol. The van der Waals surface area contributed by atoms with Crippen molar-refractivity contribution in [1.29, 1.82) is 0 Å². The molecule has 0 bridgehead atoms. The number of fused-ring (bicyclic) bond motifs is 2. The minimum absolute atomic E-state index is 0. The van der Waals surface area contributed by atoms with Crippen LogP contribution in [0.4, 0.5) is 0 Å². The Balaban J connectivity index is 0.00000168. The van der Waals surface area contributed by atoms with E-state index in [0.717, 1.165) is 6.42 Å². The minimum Gasteiger partial charge on any atom is -1.00 e. The van der Waals surface area contributed by atoms with Crippen LogP contribution in [0.25, 0.3) is 14.4 Å². The molecule has 0 unspecified atom stereocenters. The third kappa shape index (κ3) is 5.05. The summed E-state index contributed by atoms with van der Waals surface area (Å²) in [5, 5.41) is 7.09. The van der Waals surface area contributed by atoms with E-state index in [1.165, 1.54) is 82.3 Å². The molecule has 0 saturated carbocycles. The van der Waals surface area contributed by atoms with E-state index in [2.05, 4.69) is 129 Å². The average Bonchev–Trinajstić information content (AvgIpc) is 3.50. The van der Waals surface area contributed by atoms with Crippen LogP contribution in [-0.2, 0) is 24.7 Å². The predicted molar refractivity (Wildman–Crippen MR) is 151 cm³/mol.